The summed E-state index contributed by atoms with van der Waals surface area (Å²) in [4.78, 5) is 0. The van der Waals surface area contributed by atoms with Gasteiger partial charge in [-0.15, -0.1) is 0 Å². The van der Waals surface area contributed by atoms with Crippen molar-refractivity contribution < 1.29 is 19.2 Å². The molecule has 0 unspecified atom stereocenters. The zero-order chi connectivity index (χ0) is 12.8. The van der Waals surface area contributed by atoms with Crippen molar-refractivity contribution in [2.24, 2.45) is 0 Å². The van der Waals surface area contributed by atoms with Crippen LogP contribution < -0.4 is 10.2 Å². The summed E-state index contributed by atoms with van der Waals surface area (Å²) in [5, 5.41) is 26.7. The van der Waals surface area contributed by atoms with Crippen LogP contribution >= 0.6 is 0 Å². The minimum Gasteiger partial charge on any atom is -0.489 e. The lowest BCUT2D eigenvalue weighted by molar-refractivity contribution is 0.293. The summed E-state index contributed by atoms with van der Waals surface area (Å²) in [6.45, 7) is 2.29. The summed E-state index contributed by atoms with van der Waals surface area (Å²) in [7, 11) is -1.80. The summed E-state index contributed by atoms with van der Waals surface area (Å²) in [5.41, 5.74) is -0.105. The third-order valence-electron chi connectivity index (χ3n) is 2.23. The first-order valence-electron chi connectivity index (χ1n) is 5.32. The average Bonchev–Trinajstić information content (AvgIpc) is 2.30. The monoisotopic (exact) mass is 237 g/mol. The maximum absolute atomic E-state index is 13.6. The molecule has 0 saturated heterocycles. The van der Waals surface area contributed by atoms with Gasteiger partial charge in [-0.3, -0.25) is 0 Å². The van der Waals surface area contributed by atoms with E-state index >= 15 is 0 Å². The van der Waals surface area contributed by atoms with Gasteiger partial charge in [-0.05, 0) is 24.0 Å². The molecule has 0 heterocycles. The third-order valence-corrected chi connectivity index (χ3v) is 2.23. The molecule has 0 aliphatic heterocycles. The van der Waals surface area contributed by atoms with Crippen LogP contribution in [-0.2, 0) is 0 Å². The molecular weight excluding hydrogens is 224 g/mol. The predicted molar refractivity (Wildman–Crippen MR) is 61.3 cm³/mol. The molecule has 17 heavy (non-hydrogen) atoms. The highest BCUT2D eigenvalue weighted by molar-refractivity contribution is 6.58. The largest absolute Gasteiger partial charge is 0.489 e. The van der Waals surface area contributed by atoms with Crippen LogP contribution in [0.3, 0.4) is 0 Å². The maximum Gasteiger partial charge on any atom is 0.488 e. The van der Waals surface area contributed by atoms with Crippen molar-refractivity contribution in [3.63, 3.8) is 0 Å². The van der Waals surface area contributed by atoms with Crippen LogP contribution in [0.5, 0.6) is 5.75 Å². The molecule has 2 N–H and O–H groups in total. The number of ether oxygens (including phenoxy) is 1. The van der Waals surface area contributed by atoms with E-state index in [4.69, 9.17) is 20.0 Å². The van der Waals surface area contributed by atoms with Crippen molar-refractivity contribution in [1.29, 1.82) is 5.26 Å². The van der Waals surface area contributed by atoms with E-state index < -0.39 is 12.9 Å². The van der Waals surface area contributed by atoms with Gasteiger partial charge >= 0.3 is 7.12 Å². The molecule has 1 aromatic rings. The van der Waals surface area contributed by atoms with Crippen molar-refractivity contribution >= 4 is 12.6 Å². The van der Waals surface area contributed by atoms with Gasteiger partial charge < -0.3 is 14.8 Å². The number of hydrogen-bond donors (Lipinski definition) is 2. The molecular formula is C11H13BFNO3. The second-order valence-electron chi connectivity index (χ2n) is 3.57. The van der Waals surface area contributed by atoms with Crippen LogP contribution in [0.15, 0.2) is 12.1 Å². The van der Waals surface area contributed by atoms with Gasteiger partial charge in [-0.1, -0.05) is 13.3 Å². The Kier molecular flexibility index (Phi) is 4.95. The smallest absolute Gasteiger partial charge is 0.488 e. The number of benzene rings is 1. The summed E-state index contributed by atoms with van der Waals surface area (Å²) >= 11 is 0. The fourth-order valence-corrected chi connectivity index (χ4v) is 1.31. The highest BCUT2D eigenvalue weighted by atomic mass is 19.1. The molecule has 6 heteroatoms. The maximum atomic E-state index is 13.6. The Morgan fingerprint density at radius 2 is 2.18 bits per heavy atom. The fourth-order valence-electron chi connectivity index (χ4n) is 1.31. The van der Waals surface area contributed by atoms with E-state index in [9.17, 15) is 4.39 Å². The van der Waals surface area contributed by atoms with E-state index in [1.54, 1.807) is 6.07 Å². The number of halogens is 1. The Bertz CT molecular complexity index is 431. The lowest BCUT2D eigenvalue weighted by Gasteiger charge is -2.10. The first-order chi connectivity index (χ1) is 8.10. The fraction of sp³-hybridized carbons (Fsp3) is 0.364. The molecule has 0 aliphatic rings. The molecule has 0 saturated carbocycles. The Labute approximate surface area is 99.4 Å². The molecule has 90 valence electrons. The Balaban J connectivity index is 3.01. The summed E-state index contributed by atoms with van der Waals surface area (Å²) in [6, 6.07) is 3.93. The van der Waals surface area contributed by atoms with Gasteiger partial charge in [0.1, 0.15) is 6.07 Å². The van der Waals surface area contributed by atoms with Crippen molar-refractivity contribution in [3.8, 4) is 11.8 Å². The van der Waals surface area contributed by atoms with Crippen molar-refractivity contribution in [2.75, 3.05) is 6.61 Å². The standard InChI is InChI=1S/C11H13BFNO3/c1-2-3-4-17-11-8(7-14)5-9(12(15)16)6-10(11)13/h5-6,15-16H,2-4H2,1H3. The second kappa shape index (κ2) is 6.23. The number of nitrogens with zero attached hydrogens (tertiary/aromatic N) is 1. The van der Waals surface area contributed by atoms with Crippen LogP contribution in [0, 0.1) is 17.1 Å². The molecule has 0 aliphatic carbocycles. The number of nitriles is 1. The van der Waals surface area contributed by atoms with Crippen molar-refractivity contribution in [3.05, 3.63) is 23.5 Å². The third kappa shape index (κ3) is 3.44. The van der Waals surface area contributed by atoms with Crippen LogP contribution in [0.2, 0.25) is 0 Å². The molecule has 1 rings (SSSR count). The van der Waals surface area contributed by atoms with E-state index in [-0.39, 0.29) is 16.8 Å². The predicted octanol–water partition coefficient (Wildman–Crippen LogP) is 0.556. The Morgan fingerprint density at radius 1 is 1.47 bits per heavy atom. The normalized spacial score (nSPS) is 9.82. The summed E-state index contributed by atoms with van der Waals surface area (Å²) in [5.74, 6) is -0.895. The first kappa shape index (κ1) is 13.5. The minimum atomic E-state index is -1.80. The van der Waals surface area contributed by atoms with Gasteiger partial charge in [0.2, 0.25) is 0 Å². The lowest BCUT2D eigenvalue weighted by Crippen LogP contribution is -2.30. The van der Waals surface area contributed by atoms with Crippen LogP contribution in [0.25, 0.3) is 0 Å². The Morgan fingerprint density at radius 3 is 2.71 bits per heavy atom. The zero-order valence-corrected chi connectivity index (χ0v) is 9.48. The van der Waals surface area contributed by atoms with Gasteiger partial charge in [0.25, 0.3) is 0 Å². The van der Waals surface area contributed by atoms with E-state index in [0.29, 0.717) is 6.61 Å². The van der Waals surface area contributed by atoms with Gasteiger partial charge in [0.05, 0.1) is 12.2 Å². The van der Waals surface area contributed by atoms with Crippen LogP contribution in [0.4, 0.5) is 4.39 Å². The van der Waals surface area contributed by atoms with Crippen molar-refractivity contribution in [2.45, 2.75) is 19.8 Å². The molecule has 0 spiro atoms. The summed E-state index contributed by atoms with van der Waals surface area (Å²) in [6.07, 6.45) is 1.66. The molecule has 0 fully saturated rings. The molecule has 0 amide bonds. The Hall–Kier alpha value is -1.58. The number of rotatable bonds is 5. The van der Waals surface area contributed by atoms with Gasteiger partial charge in [-0.2, -0.15) is 5.26 Å². The van der Waals surface area contributed by atoms with E-state index in [2.05, 4.69) is 0 Å². The van der Waals surface area contributed by atoms with Gasteiger partial charge in [0.15, 0.2) is 11.6 Å². The average molecular weight is 237 g/mol. The number of unbranched alkanes of at least 4 members (excludes halogenated alkanes) is 1. The van der Waals surface area contributed by atoms with Gasteiger partial charge in [-0.25, -0.2) is 4.39 Å². The van der Waals surface area contributed by atoms with E-state index in [0.717, 1.165) is 18.9 Å². The van der Waals surface area contributed by atoms with E-state index in [1.165, 1.54) is 6.07 Å². The quantitative estimate of drug-likeness (QED) is 0.579. The zero-order valence-electron chi connectivity index (χ0n) is 9.48. The highest BCUT2D eigenvalue weighted by Gasteiger charge is 2.18. The first-order valence-corrected chi connectivity index (χ1v) is 5.32. The molecule has 1 aromatic carbocycles. The van der Waals surface area contributed by atoms with Crippen LogP contribution in [0.1, 0.15) is 25.3 Å². The number of hydrogen-bond acceptors (Lipinski definition) is 4. The lowest BCUT2D eigenvalue weighted by atomic mass is 9.79. The second-order valence-corrected chi connectivity index (χ2v) is 3.57. The molecule has 0 bridgehead atoms. The topological polar surface area (TPSA) is 73.5 Å². The molecule has 0 atom stereocenters. The molecule has 4 nitrogen and oxygen atoms in total. The summed E-state index contributed by atoms with van der Waals surface area (Å²) < 4.78 is 18.8. The van der Waals surface area contributed by atoms with E-state index in [1.807, 2.05) is 6.92 Å². The molecule has 0 radical (unpaired) electrons. The SMILES string of the molecule is CCCCOc1c(F)cc(B(O)O)cc1C#N. The van der Waals surface area contributed by atoms with Crippen molar-refractivity contribution in [1.82, 2.24) is 0 Å². The van der Waals surface area contributed by atoms with Gasteiger partial charge in [0, 0.05) is 0 Å². The van der Waals surface area contributed by atoms with Crippen LogP contribution in [-0.4, -0.2) is 23.8 Å². The molecule has 0 aromatic heterocycles. The highest BCUT2D eigenvalue weighted by Crippen LogP contribution is 2.21. The minimum absolute atomic E-state index is 0.0378.